The molecule has 3 aliphatic carbocycles. The third-order valence-corrected chi connectivity index (χ3v) is 7.27. The van der Waals surface area contributed by atoms with Crippen molar-refractivity contribution in [2.75, 3.05) is 0 Å². The fraction of sp³-hybridized carbons (Fsp3) is 0.375. The number of rotatable bonds is 0. The van der Waals surface area contributed by atoms with Crippen molar-refractivity contribution in [1.82, 2.24) is 0 Å². The summed E-state index contributed by atoms with van der Waals surface area (Å²) in [6.07, 6.45) is 1.74. The molecule has 0 saturated heterocycles. The molecule has 2 aromatic heterocycles. The normalized spacial score (nSPS) is 33.8. The van der Waals surface area contributed by atoms with E-state index in [0.717, 1.165) is 23.3 Å². The van der Waals surface area contributed by atoms with Gasteiger partial charge in [-0.1, -0.05) is 0 Å². The number of Topliss-reactive ketones (excluding diaryl/α,β-unsaturated/α-hetero) is 2. The van der Waals surface area contributed by atoms with Gasteiger partial charge in [0.2, 0.25) is 0 Å². The topological polar surface area (TPSA) is 34.1 Å². The molecule has 0 amide bonds. The lowest BCUT2D eigenvalue weighted by atomic mass is 9.69. The Balaban J connectivity index is 1.60. The smallest absolute Gasteiger partial charge is 0.176 e. The van der Waals surface area contributed by atoms with E-state index in [1.807, 2.05) is 16.8 Å². The van der Waals surface area contributed by atoms with Gasteiger partial charge in [0.15, 0.2) is 11.6 Å². The molecule has 0 spiro atoms. The van der Waals surface area contributed by atoms with E-state index in [4.69, 9.17) is 0 Å². The van der Waals surface area contributed by atoms with Gasteiger partial charge in [0.1, 0.15) is 0 Å². The molecule has 4 heteroatoms. The molecule has 20 heavy (non-hydrogen) atoms. The lowest BCUT2D eigenvalue weighted by Crippen LogP contribution is -2.29. The molecule has 2 aromatic rings. The van der Waals surface area contributed by atoms with Crippen molar-refractivity contribution < 1.29 is 9.59 Å². The molecule has 4 atom stereocenters. The van der Waals surface area contributed by atoms with Crippen LogP contribution in [0.25, 0.3) is 0 Å². The molecule has 3 aliphatic rings. The lowest BCUT2D eigenvalue weighted by Gasteiger charge is -2.33. The molecular formula is C16H12O2S2. The van der Waals surface area contributed by atoms with Crippen LogP contribution in [-0.2, 0) is 0 Å². The lowest BCUT2D eigenvalue weighted by molar-refractivity contribution is 0.0790. The summed E-state index contributed by atoms with van der Waals surface area (Å²) in [7, 11) is 0. The number of thiophene rings is 2. The minimum atomic E-state index is 0.123. The largest absolute Gasteiger partial charge is 0.294 e. The number of carbonyl (C=O) groups is 2. The molecule has 1 fully saturated rings. The fourth-order valence-electron chi connectivity index (χ4n) is 4.41. The zero-order valence-electron chi connectivity index (χ0n) is 10.7. The summed E-state index contributed by atoms with van der Waals surface area (Å²) >= 11 is 3.26. The third kappa shape index (κ3) is 1.20. The highest BCUT2D eigenvalue weighted by atomic mass is 32.1. The Morgan fingerprint density at radius 3 is 2.50 bits per heavy atom. The van der Waals surface area contributed by atoms with Gasteiger partial charge in [-0.3, -0.25) is 9.59 Å². The van der Waals surface area contributed by atoms with Crippen LogP contribution in [0.3, 0.4) is 0 Å². The van der Waals surface area contributed by atoms with E-state index < -0.39 is 0 Å². The maximum absolute atomic E-state index is 12.5. The second-order valence-corrected chi connectivity index (χ2v) is 7.89. The SMILES string of the molecule is O=C1c2sccc2C2CC3C(=O)c4ccsc4C3CC12. The first kappa shape index (κ1) is 11.4. The van der Waals surface area contributed by atoms with Gasteiger partial charge in [-0.2, -0.15) is 0 Å². The predicted octanol–water partition coefficient (Wildman–Crippen LogP) is 4.10. The Morgan fingerprint density at radius 2 is 1.60 bits per heavy atom. The van der Waals surface area contributed by atoms with Crippen LogP contribution in [0.1, 0.15) is 55.1 Å². The second-order valence-electron chi connectivity index (χ2n) is 6.03. The summed E-state index contributed by atoms with van der Waals surface area (Å²) in [5, 5.41) is 4.02. The molecule has 1 saturated carbocycles. The van der Waals surface area contributed by atoms with Crippen LogP contribution in [-0.4, -0.2) is 11.6 Å². The number of ketones is 2. The van der Waals surface area contributed by atoms with Crippen molar-refractivity contribution >= 4 is 34.2 Å². The van der Waals surface area contributed by atoms with E-state index in [9.17, 15) is 9.59 Å². The van der Waals surface area contributed by atoms with Crippen molar-refractivity contribution in [3.63, 3.8) is 0 Å². The molecule has 0 aromatic carbocycles. The van der Waals surface area contributed by atoms with Crippen LogP contribution in [0.2, 0.25) is 0 Å². The summed E-state index contributed by atoms with van der Waals surface area (Å²) in [4.78, 5) is 27.3. The Bertz CT molecular complexity index is 690. The fourth-order valence-corrected chi connectivity index (χ4v) is 6.46. The molecule has 4 unspecified atom stereocenters. The molecule has 0 bridgehead atoms. The first-order valence-electron chi connectivity index (χ1n) is 6.99. The van der Waals surface area contributed by atoms with Crippen LogP contribution in [0.4, 0.5) is 0 Å². The highest BCUT2D eigenvalue weighted by molar-refractivity contribution is 7.12. The molecule has 2 nitrogen and oxygen atoms in total. The Kier molecular flexibility index (Phi) is 2.10. The summed E-state index contributed by atoms with van der Waals surface area (Å²) in [5.74, 6) is 1.49. The summed E-state index contributed by atoms with van der Waals surface area (Å²) in [5.41, 5.74) is 2.15. The first-order valence-corrected chi connectivity index (χ1v) is 8.75. The summed E-state index contributed by atoms with van der Waals surface area (Å²) < 4.78 is 0. The van der Waals surface area contributed by atoms with Gasteiger partial charge in [-0.15, -0.1) is 22.7 Å². The van der Waals surface area contributed by atoms with Gasteiger partial charge < -0.3 is 0 Å². The van der Waals surface area contributed by atoms with E-state index in [1.54, 1.807) is 22.7 Å². The Labute approximate surface area is 124 Å². The highest BCUT2D eigenvalue weighted by Crippen LogP contribution is 2.58. The predicted molar refractivity (Wildman–Crippen MR) is 79.0 cm³/mol. The van der Waals surface area contributed by atoms with Crippen molar-refractivity contribution in [3.8, 4) is 0 Å². The van der Waals surface area contributed by atoms with Crippen molar-refractivity contribution in [2.24, 2.45) is 11.8 Å². The van der Waals surface area contributed by atoms with Crippen LogP contribution in [0.15, 0.2) is 22.9 Å². The number of fused-ring (bicyclic) bond motifs is 6. The first-order chi connectivity index (χ1) is 9.75. The van der Waals surface area contributed by atoms with Gasteiger partial charge in [0, 0.05) is 28.2 Å². The van der Waals surface area contributed by atoms with Crippen molar-refractivity contribution in [2.45, 2.75) is 24.7 Å². The van der Waals surface area contributed by atoms with Gasteiger partial charge in [-0.25, -0.2) is 0 Å². The van der Waals surface area contributed by atoms with Crippen molar-refractivity contribution in [3.05, 3.63) is 43.8 Å². The van der Waals surface area contributed by atoms with Crippen LogP contribution in [0.5, 0.6) is 0 Å². The van der Waals surface area contributed by atoms with Crippen LogP contribution >= 0.6 is 22.7 Å². The minimum absolute atomic E-state index is 0.123. The molecule has 100 valence electrons. The zero-order valence-corrected chi connectivity index (χ0v) is 12.3. The van der Waals surface area contributed by atoms with Gasteiger partial charge in [0.05, 0.1) is 4.88 Å². The Morgan fingerprint density at radius 1 is 0.850 bits per heavy atom. The van der Waals surface area contributed by atoms with Crippen molar-refractivity contribution in [1.29, 1.82) is 0 Å². The van der Waals surface area contributed by atoms with Gasteiger partial charge >= 0.3 is 0 Å². The summed E-state index contributed by atoms with van der Waals surface area (Å²) in [6, 6.07) is 4.06. The average molecular weight is 300 g/mol. The van der Waals surface area contributed by atoms with E-state index in [1.165, 1.54) is 10.4 Å². The standard InChI is InChI=1S/C16H12O2S2/c17-13-8-2-4-19-15(8)12-6-10-9(5-11(12)13)7-1-3-20-16(7)14(10)18/h1-4,9-12H,5-6H2. The minimum Gasteiger partial charge on any atom is -0.294 e. The molecule has 5 rings (SSSR count). The van der Waals surface area contributed by atoms with Gasteiger partial charge in [-0.05, 0) is 47.2 Å². The molecule has 2 heterocycles. The Hall–Kier alpha value is -1.26. The number of hydrogen-bond acceptors (Lipinski definition) is 4. The maximum atomic E-state index is 12.5. The molecule has 0 radical (unpaired) electrons. The quantitative estimate of drug-likeness (QED) is 0.734. The van der Waals surface area contributed by atoms with E-state index in [-0.39, 0.29) is 11.8 Å². The molecular weight excluding hydrogens is 288 g/mol. The third-order valence-electron chi connectivity index (χ3n) is 5.28. The van der Waals surface area contributed by atoms with E-state index in [0.29, 0.717) is 23.4 Å². The number of carbonyl (C=O) groups excluding carboxylic acids is 2. The van der Waals surface area contributed by atoms with Crippen LogP contribution in [0, 0.1) is 11.8 Å². The average Bonchev–Trinajstić information content (AvgIpc) is 3.17. The monoisotopic (exact) mass is 300 g/mol. The zero-order chi connectivity index (χ0) is 13.4. The molecule has 0 aliphatic heterocycles. The second kappa shape index (κ2) is 3.68. The highest BCUT2D eigenvalue weighted by Gasteiger charge is 2.53. The number of hydrogen-bond donors (Lipinski definition) is 0. The summed E-state index contributed by atoms with van der Waals surface area (Å²) in [6.45, 7) is 0. The maximum Gasteiger partial charge on any atom is 0.176 e. The van der Waals surface area contributed by atoms with E-state index in [2.05, 4.69) is 6.07 Å². The van der Waals surface area contributed by atoms with Gasteiger partial charge in [0.25, 0.3) is 0 Å². The van der Waals surface area contributed by atoms with Crippen LogP contribution < -0.4 is 0 Å². The van der Waals surface area contributed by atoms with E-state index >= 15 is 0 Å². The molecule has 0 N–H and O–H groups in total.